The van der Waals surface area contributed by atoms with Gasteiger partial charge in [-0.05, 0) is 17.7 Å². The van der Waals surface area contributed by atoms with Gasteiger partial charge < -0.3 is 24.0 Å². The molecule has 3 fully saturated rings. The van der Waals surface area contributed by atoms with E-state index in [2.05, 4.69) is 0 Å². The molecule has 0 aliphatic carbocycles. The van der Waals surface area contributed by atoms with Gasteiger partial charge in [0, 0.05) is 19.0 Å². The van der Waals surface area contributed by atoms with Crippen molar-refractivity contribution in [1.29, 1.82) is 0 Å². The van der Waals surface area contributed by atoms with Gasteiger partial charge in [0.1, 0.15) is 11.5 Å². The van der Waals surface area contributed by atoms with E-state index in [4.69, 9.17) is 14.2 Å². The number of carbonyl (C=O) groups is 2. The SMILES string of the molecule is COc1ccc(C(=O)N2CC[C@@]34OC[C@@H](c5ccccc5)N3C(=O)C[C@@H]24)c(OC)c1. The van der Waals surface area contributed by atoms with Crippen LogP contribution in [0, 0.1) is 0 Å². The van der Waals surface area contributed by atoms with Gasteiger partial charge in [-0.2, -0.15) is 0 Å². The number of hydrogen-bond acceptors (Lipinski definition) is 5. The van der Waals surface area contributed by atoms with E-state index in [1.54, 1.807) is 30.2 Å². The molecule has 3 heterocycles. The minimum Gasteiger partial charge on any atom is -0.497 e. The Morgan fingerprint density at radius 2 is 1.93 bits per heavy atom. The number of hydrogen-bond donors (Lipinski definition) is 0. The topological polar surface area (TPSA) is 68.3 Å². The minimum absolute atomic E-state index is 0.0329. The first-order valence-electron chi connectivity index (χ1n) is 10.1. The number of carbonyl (C=O) groups excluding carboxylic acids is 2. The number of likely N-dealkylation sites (tertiary alicyclic amines) is 1. The van der Waals surface area contributed by atoms with Crippen LogP contribution in [-0.2, 0) is 9.53 Å². The average molecular weight is 408 g/mol. The van der Waals surface area contributed by atoms with Crippen LogP contribution in [-0.4, -0.2) is 60.8 Å². The molecule has 0 unspecified atom stereocenters. The van der Waals surface area contributed by atoms with Crippen LogP contribution in [0.1, 0.15) is 34.8 Å². The molecule has 0 saturated carbocycles. The first-order valence-corrected chi connectivity index (χ1v) is 10.1. The molecule has 7 nitrogen and oxygen atoms in total. The van der Waals surface area contributed by atoms with E-state index in [0.717, 1.165) is 5.56 Å². The van der Waals surface area contributed by atoms with Crippen molar-refractivity contribution < 1.29 is 23.8 Å². The van der Waals surface area contributed by atoms with Crippen LogP contribution in [0.15, 0.2) is 48.5 Å². The zero-order chi connectivity index (χ0) is 20.9. The van der Waals surface area contributed by atoms with Crippen LogP contribution >= 0.6 is 0 Å². The molecule has 0 N–H and O–H groups in total. The van der Waals surface area contributed by atoms with Crippen molar-refractivity contribution in [3.63, 3.8) is 0 Å². The summed E-state index contributed by atoms with van der Waals surface area (Å²) in [6, 6.07) is 14.7. The molecular formula is C23H24N2O5. The summed E-state index contributed by atoms with van der Waals surface area (Å²) < 4.78 is 17.0. The van der Waals surface area contributed by atoms with E-state index in [-0.39, 0.29) is 30.3 Å². The van der Waals surface area contributed by atoms with Crippen LogP contribution in [0.2, 0.25) is 0 Å². The standard InChI is InChI=1S/C23H24N2O5/c1-28-16-8-9-17(19(12-16)29-2)22(27)24-11-10-23-20(24)13-21(26)25(23)18(14-30-23)15-6-4-3-5-7-15/h3-9,12,18,20H,10-11,13-14H2,1-2H3/t18-,20+,23-/m0/s1. The summed E-state index contributed by atoms with van der Waals surface area (Å²) in [6.45, 7) is 0.976. The van der Waals surface area contributed by atoms with E-state index < -0.39 is 5.72 Å². The highest BCUT2D eigenvalue weighted by atomic mass is 16.5. The van der Waals surface area contributed by atoms with Gasteiger partial charge in [0.05, 0.1) is 44.9 Å². The first kappa shape index (κ1) is 18.9. The summed E-state index contributed by atoms with van der Waals surface area (Å²) in [5.41, 5.74) is 0.774. The highest BCUT2D eigenvalue weighted by molar-refractivity contribution is 5.98. The summed E-state index contributed by atoms with van der Waals surface area (Å²) >= 11 is 0. The quantitative estimate of drug-likeness (QED) is 0.778. The molecule has 156 valence electrons. The molecule has 2 aromatic rings. The predicted octanol–water partition coefficient (Wildman–Crippen LogP) is 2.62. The average Bonchev–Trinajstić information content (AvgIpc) is 3.42. The third kappa shape index (κ3) is 2.61. The van der Waals surface area contributed by atoms with Gasteiger partial charge in [-0.15, -0.1) is 0 Å². The van der Waals surface area contributed by atoms with Gasteiger partial charge in [-0.25, -0.2) is 0 Å². The molecule has 3 aliphatic rings. The number of benzene rings is 2. The Kier molecular flexibility index (Phi) is 4.43. The largest absolute Gasteiger partial charge is 0.497 e. The maximum atomic E-state index is 13.4. The first-order chi connectivity index (χ1) is 14.6. The highest BCUT2D eigenvalue weighted by Crippen LogP contribution is 2.52. The normalized spacial score (nSPS) is 27.2. The molecule has 2 amide bonds. The lowest BCUT2D eigenvalue weighted by Crippen LogP contribution is -2.49. The summed E-state index contributed by atoms with van der Waals surface area (Å²) in [7, 11) is 3.10. The van der Waals surface area contributed by atoms with Crippen molar-refractivity contribution in [2.75, 3.05) is 27.4 Å². The zero-order valence-corrected chi connectivity index (χ0v) is 17.0. The summed E-state index contributed by atoms with van der Waals surface area (Å²) in [5, 5.41) is 0. The van der Waals surface area contributed by atoms with Gasteiger partial charge in [0.2, 0.25) is 5.91 Å². The van der Waals surface area contributed by atoms with Gasteiger partial charge >= 0.3 is 0 Å². The fourth-order valence-corrected chi connectivity index (χ4v) is 5.14. The van der Waals surface area contributed by atoms with Gasteiger partial charge in [-0.3, -0.25) is 9.59 Å². The molecular weight excluding hydrogens is 384 g/mol. The van der Waals surface area contributed by atoms with Crippen LogP contribution in [0.3, 0.4) is 0 Å². The number of amides is 2. The Bertz CT molecular complexity index is 994. The van der Waals surface area contributed by atoms with Crippen LogP contribution in [0.25, 0.3) is 0 Å². The smallest absolute Gasteiger partial charge is 0.258 e. The zero-order valence-electron chi connectivity index (χ0n) is 17.0. The Labute approximate surface area is 175 Å². The van der Waals surface area contributed by atoms with E-state index >= 15 is 0 Å². The molecule has 1 spiro atoms. The fourth-order valence-electron chi connectivity index (χ4n) is 5.14. The minimum atomic E-state index is -0.743. The van der Waals surface area contributed by atoms with Crippen molar-refractivity contribution >= 4 is 11.8 Å². The Morgan fingerprint density at radius 1 is 1.13 bits per heavy atom. The Hall–Kier alpha value is -3.06. The number of rotatable bonds is 4. The van der Waals surface area contributed by atoms with E-state index in [0.29, 0.717) is 36.6 Å². The van der Waals surface area contributed by atoms with Crippen LogP contribution in [0.5, 0.6) is 11.5 Å². The molecule has 0 aromatic heterocycles. The fraction of sp³-hybridized carbons (Fsp3) is 0.391. The van der Waals surface area contributed by atoms with Crippen molar-refractivity contribution in [2.45, 2.75) is 30.7 Å². The van der Waals surface area contributed by atoms with E-state index in [1.807, 2.05) is 35.2 Å². The lowest BCUT2D eigenvalue weighted by Gasteiger charge is -2.33. The molecule has 2 aromatic carbocycles. The second-order valence-electron chi connectivity index (χ2n) is 7.88. The number of ether oxygens (including phenoxy) is 3. The molecule has 0 radical (unpaired) electrons. The van der Waals surface area contributed by atoms with Crippen molar-refractivity contribution in [2.24, 2.45) is 0 Å². The maximum absolute atomic E-state index is 13.4. The number of nitrogens with zero attached hydrogens (tertiary/aromatic N) is 2. The lowest BCUT2D eigenvalue weighted by molar-refractivity contribution is -0.138. The molecule has 0 bridgehead atoms. The molecule has 3 aliphatic heterocycles. The van der Waals surface area contributed by atoms with Gasteiger partial charge in [0.25, 0.3) is 5.91 Å². The third-order valence-electron chi connectivity index (χ3n) is 6.54. The van der Waals surface area contributed by atoms with Crippen molar-refractivity contribution in [3.8, 4) is 11.5 Å². The summed E-state index contributed by atoms with van der Waals surface area (Å²) in [4.78, 5) is 30.1. The summed E-state index contributed by atoms with van der Waals surface area (Å²) in [6.07, 6.45) is 0.879. The molecule has 5 rings (SSSR count). The highest BCUT2D eigenvalue weighted by Gasteiger charge is 2.65. The lowest BCUT2D eigenvalue weighted by atomic mass is 10.0. The van der Waals surface area contributed by atoms with E-state index in [1.165, 1.54) is 7.11 Å². The second kappa shape index (κ2) is 7.02. The van der Waals surface area contributed by atoms with Gasteiger partial charge in [-0.1, -0.05) is 30.3 Å². The van der Waals surface area contributed by atoms with Crippen molar-refractivity contribution in [1.82, 2.24) is 9.80 Å². The Morgan fingerprint density at radius 3 is 2.67 bits per heavy atom. The molecule has 3 saturated heterocycles. The third-order valence-corrected chi connectivity index (χ3v) is 6.54. The Balaban J connectivity index is 1.45. The molecule has 3 atom stereocenters. The maximum Gasteiger partial charge on any atom is 0.258 e. The molecule has 7 heteroatoms. The van der Waals surface area contributed by atoms with Crippen LogP contribution in [0.4, 0.5) is 0 Å². The second-order valence-corrected chi connectivity index (χ2v) is 7.88. The van der Waals surface area contributed by atoms with Crippen molar-refractivity contribution in [3.05, 3.63) is 59.7 Å². The summed E-state index contributed by atoms with van der Waals surface area (Å²) in [5.74, 6) is 0.952. The number of methoxy groups -OCH3 is 2. The van der Waals surface area contributed by atoms with Gasteiger partial charge in [0.15, 0.2) is 5.72 Å². The predicted molar refractivity (Wildman–Crippen MR) is 108 cm³/mol. The molecule has 30 heavy (non-hydrogen) atoms. The van der Waals surface area contributed by atoms with Crippen LogP contribution < -0.4 is 9.47 Å². The van der Waals surface area contributed by atoms with E-state index in [9.17, 15) is 9.59 Å². The monoisotopic (exact) mass is 408 g/mol.